The van der Waals surface area contributed by atoms with Crippen LogP contribution in [0.3, 0.4) is 0 Å². The fourth-order valence-corrected chi connectivity index (χ4v) is 3.45. The van der Waals surface area contributed by atoms with Gasteiger partial charge in [0.05, 0.1) is 30.9 Å². The molecule has 3 aromatic carbocycles. The average Bonchev–Trinajstić information content (AvgIpc) is 2.78. The molecule has 0 aliphatic rings. The molecule has 1 unspecified atom stereocenters. The highest BCUT2D eigenvalue weighted by molar-refractivity contribution is 6.30. The van der Waals surface area contributed by atoms with Crippen LogP contribution in [0.4, 0.5) is 0 Å². The van der Waals surface area contributed by atoms with Gasteiger partial charge in [-0.05, 0) is 53.1 Å². The highest BCUT2D eigenvalue weighted by atomic mass is 35.5. The minimum atomic E-state index is -0.419. The number of ether oxygens (including phenoxy) is 1. The van der Waals surface area contributed by atoms with E-state index in [4.69, 9.17) is 27.8 Å². The Morgan fingerprint density at radius 3 is 2.28 bits per heavy atom. The summed E-state index contributed by atoms with van der Waals surface area (Å²) in [7, 11) is 1.64. The molecule has 4 aromatic rings. The topological polar surface area (TPSA) is 87.0 Å². The van der Waals surface area contributed by atoms with Crippen LogP contribution in [0.5, 0.6) is 5.75 Å². The summed E-state index contributed by atoms with van der Waals surface area (Å²) in [6.07, 6.45) is 0. The number of methoxy groups -OCH3 is 1. The van der Waals surface area contributed by atoms with Crippen molar-refractivity contribution in [2.75, 3.05) is 7.11 Å². The Bertz CT molecular complexity index is 1140. The summed E-state index contributed by atoms with van der Waals surface area (Å²) in [6.45, 7) is 0.247. The molecule has 1 aromatic heterocycles. The monoisotopic (exact) mass is 404 g/mol. The van der Waals surface area contributed by atoms with Gasteiger partial charge in [0, 0.05) is 10.4 Å². The van der Waals surface area contributed by atoms with E-state index in [-0.39, 0.29) is 6.54 Å². The molecule has 1 heterocycles. The molecule has 0 amide bonds. The van der Waals surface area contributed by atoms with E-state index in [2.05, 4.69) is 16.0 Å². The second-order valence-electron chi connectivity index (χ2n) is 6.72. The van der Waals surface area contributed by atoms with Crippen LogP contribution in [0.15, 0.2) is 66.7 Å². The molecule has 0 saturated carbocycles. The number of halogens is 1. The molecule has 0 aliphatic carbocycles. The molecular formula is C23H21ClN4O. The summed E-state index contributed by atoms with van der Waals surface area (Å²) in [6, 6.07) is 21.1. The third kappa shape index (κ3) is 3.93. The van der Waals surface area contributed by atoms with Crippen molar-refractivity contribution in [1.82, 2.24) is 9.97 Å². The average molecular weight is 405 g/mol. The fraction of sp³-hybridized carbons (Fsp3) is 0.130. The van der Waals surface area contributed by atoms with Crippen molar-refractivity contribution in [2.45, 2.75) is 12.6 Å². The van der Waals surface area contributed by atoms with Crippen molar-refractivity contribution in [2.24, 2.45) is 11.5 Å². The van der Waals surface area contributed by atoms with E-state index in [0.29, 0.717) is 10.8 Å². The first-order chi connectivity index (χ1) is 14.1. The number of rotatable bonds is 5. The second kappa shape index (κ2) is 8.17. The maximum atomic E-state index is 6.62. The van der Waals surface area contributed by atoms with E-state index in [1.807, 2.05) is 60.7 Å². The predicted molar refractivity (Wildman–Crippen MR) is 117 cm³/mol. The van der Waals surface area contributed by atoms with E-state index in [9.17, 15) is 0 Å². The van der Waals surface area contributed by atoms with E-state index < -0.39 is 6.04 Å². The van der Waals surface area contributed by atoms with Gasteiger partial charge < -0.3 is 16.2 Å². The Labute approximate surface area is 174 Å². The van der Waals surface area contributed by atoms with Crippen LogP contribution in [0, 0.1) is 0 Å². The number of hydrogen-bond donors (Lipinski definition) is 2. The summed E-state index contributed by atoms with van der Waals surface area (Å²) < 4.78 is 5.24. The van der Waals surface area contributed by atoms with E-state index in [1.54, 1.807) is 7.11 Å². The molecule has 0 fully saturated rings. The summed E-state index contributed by atoms with van der Waals surface area (Å²) >= 11 is 6.03. The maximum Gasteiger partial charge on any atom is 0.142 e. The first-order valence-electron chi connectivity index (χ1n) is 9.25. The summed E-state index contributed by atoms with van der Waals surface area (Å²) in [4.78, 5) is 9.25. The van der Waals surface area contributed by atoms with Crippen molar-refractivity contribution in [1.29, 1.82) is 0 Å². The quantitative estimate of drug-likeness (QED) is 0.512. The number of benzene rings is 3. The van der Waals surface area contributed by atoms with E-state index in [0.717, 1.165) is 39.0 Å². The Morgan fingerprint density at radius 1 is 0.931 bits per heavy atom. The molecule has 0 spiro atoms. The number of aromatic nitrogens is 2. The number of nitrogens with zero attached hydrogens (tertiary/aromatic N) is 2. The zero-order valence-corrected chi connectivity index (χ0v) is 16.7. The Kier molecular flexibility index (Phi) is 5.45. The minimum Gasteiger partial charge on any atom is -0.497 e. The highest BCUT2D eigenvalue weighted by Crippen LogP contribution is 2.30. The highest BCUT2D eigenvalue weighted by Gasteiger charge is 2.17. The van der Waals surface area contributed by atoms with E-state index in [1.165, 1.54) is 0 Å². The van der Waals surface area contributed by atoms with Gasteiger partial charge in [0.2, 0.25) is 0 Å². The van der Waals surface area contributed by atoms with Crippen molar-refractivity contribution in [3.8, 4) is 16.9 Å². The SMILES string of the molecule is COc1ccc(C(N)c2nc(CN)nc3ccc(-c4ccc(Cl)cc4)cc23)cc1. The molecule has 4 rings (SSSR count). The summed E-state index contributed by atoms with van der Waals surface area (Å²) in [5.74, 6) is 1.34. The predicted octanol–water partition coefficient (Wildman–Crippen LogP) is 4.47. The number of nitrogens with two attached hydrogens (primary N) is 2. The van der Waals surface area contributed by atoms with Gasteiger partial charge in [0.25, 0.3) is 0 Å². The standard InChI is InChI=1S/C23H21ClN4O/c1-29-18-9-4-15(5-10-18)22(26)23-19-12-16(14-2-7-17(24)8-3-14)6-11-20(19)27-21(13-25)28-23/h2-12,22H,13,25-26H2,1H3. The number of hydrogen-bond acceptors (Lipinski definition) is 5. The summed E-state index contributed by atoms with van der Waals surface area (Å²) in [5, 5.41) is 1.60. The zero-order valence-electron chi connectivity index (χ0n) is 16.0. The second-order valence-corrected chi connectivity index (χ2v) is 7.16. The van der Waals surface area contributed by atoms with Gasteiger partial charge in [-0.3, -0.25) is 0 Å². The molecule has 0 saturated heterocycles. The van der Waals surface area contributed by atoms with Crippen molar-refractivity contribution < 1.29 is 4.74 Å². The summed E-state index contributed by atoms with van der Waals surface area (Å²) in [5.41, 5.74) is 17.0. The number of fused-ring (bicyclic) bond motifs is 1. The maximum absolute atomic E-state index is 6.62. The van der Waals surface area contributed by atoms with Gasteiger partial charge in [0.1, 0.15) is 11.6 Å². The van der Waals surface area contributed by atoms with Crippen molar-refractivity contribution in [3.63, 3.8) is 0 Å². The van der Waals surface area contributed by atoms with Crippen LogP contribution in [-0.2, 0) is 6.54 Å². The molecule has 0 bridgehead atoms. The molecular weight excluding hydrogens is 384 g/mol. The van der Waals surface area contributed by atoms with Gasteiger partial charge in [-0.1, -0.05) is 41.9 Å². The Morgan fingerprint density at radius 2 is 1.62 bits per heavy atom. The fourth-order valence-electron chi connectivity index (χ4n) is 3.32. The lowest BCUT2D eigenvalue weighted by Gasteiger charge is -2.16. The lowest BCUT2D eigenvalue weighted by Crippen LogP contribution is -2.17. The minimum absolute atomic E-state index is 0.247. The van der Waals surface area contributed by atoms with Gasteiger partial charge in [-0.2, -0.15) is 0 Å². The molecule has 0 radical (unpaired) electrons. The molecule has 5 nitrogen and oxygen atoms in total. The Hall–Kier alpha value is -2.99. The van der Waals surface area contributed by atoms with Gasteiger partial charge in [-0.25, -0.2) is 9.97 Å². The first-order valence-corrected chi connectivity index (χ1v) is 9.63. The molecule has 0 aliphatic heterocycles. The molecule has 4 N–H and O–H groups in total. The third-order valence-electron chi connectivity index (χ3n) is 4.90. The van der Waals surface area contributed by atoms with Crippen LogP contribution in [-0.4, -0.2) is 17.1 Å². The van der Waals surface area contributed by atoms with E-state index >= 15 is 0 Å². The molecule has 1 atom stereocenters. The smallest absolute Gasteiger partial charge is 0.142 e. The lowest BCUT2D eigenvalue weighted by atomic mass is 9.97. The first kappa shape index (κ1) is 19.3. The normalized spacial score (nSPS) is 12.1. The van der Waals surface area contributed by atoms with Crippen LogP contribution >= 0.6 is 11.6 Å². The van der Waals surface area contributed by atoms with Gasteiger partial charge in [-0.15, -0.1) is 0 Å². The lowest BCUT2D eigenvalue weighted by molar-refractivity contribution is 0.414. The van der Waals surface area contributed by atoms with Crippen LogP contribution in [0.25, 0.3) is 22.0 Å². The van der Waals surface area contributed by atoms with Gasteiger partial charge in [0.15, 0.2) is 0 Å². The molecule has 29 heavy (non-hydrogen) atoms. The van der Waals surface area contributed by atoms with Crippen LogP contribution in [0.1, 0.15) is 23.1 Å². The van der Waals surface area contributed by atoms with Crippen molar-refractivity contribution >= 4 is 22.5 Å². The largest absolute Gasteiger partial charge is 0.497 e. The molecule has 146 valence electrons. The third-order valence-corrected chi connectivity index (χ3v) is 5.15. The Balaban J connectivity index is 1.85. The van der Waals surface area contributed by atoms with Crippen LogP contribution < -0.4 is 16.2 Å². The van der Waals surface area contributed by atoms with Crippen molar-refractivity contribution in [3.05, 3.63) is 88.8 Å². The molecule has 6 heteroatoms. The van der Waals surface area contributed by atoms with Crippen LogP contribution in [0.2, 0.25) is 5.02 Å². The zero-order chi connectivity index (χ0) is 20.4. The van der Waals surface area contributed by atoms with Gasteiger partial charge >= 0.3 is 0 Å².